The second-order valence-electron chi connectivity index (χ2n) is 9.26. The van der Waals surface area contributed by atoms with Crippen LogP contribution in [0, 0.1) is 16.2 Å². The van der Waals surface area contributed by atoms with Gasteiger partial charge >= 0.3 is 0 Å². The molecule has 0 aromatic carbocycles. The Hall–Kier alpha value is -2.75. The quantitative estimate of drug-likeness (QED) is 0.733. The van der Waals surface area contributed by atoms with Gasteiger partial charge in [-0.15, -0.1) is 0 Å². The molecule has 4 rings (SSSR count). The Morgan fingerprint density at radius 2 is 1.47 bits per heavy atom. The van der Waals surface area contributed by atoms with E-state index in [1.807, 2.05) is 32.2 Å². The van der Waals surface area contributed by atoms with Crippen LogP contribution in [0.4, 0.5) is 0 Å². The SMILES string of the molecule is CC.CC(C)(C)C1(C)C=CC=c2[nH]ncc2=C1.CC1(C)C=CC=c2nccnc2=C1. The van der Waals surface area contributed by atoms with Gasteiger partial charge in [-0.25, -0.2) is 0 Å². The summed E-state index contributed by atoms with van der Waals surface area (Å²) in [6, 6.07) is 0. The van der Waals surface area contributed by atoms with Crippen molar-refractivity contribution in [2.24, 2.45) is 16.2 Å². The maximum atomic E-state index is 4.29. The van der Waals surface area contributed by atoms with E-state index >= 15 is 0 Å². The number of rotatable bonds is 0. The zero-order chi connectivity index (χ0) is 22.4. The van der Waals surface area contributed by atoms with Crippen molar-refractivity contribution in [1.29, 1.82) is 0 Å². The molecule has 30 heavy (non-hydrogen) atoms. The lowest BCUT2D eigenvalue weighted by atomic mass is 9.67. The molecule has 2 aliphatic rings. The summed E-state index contributed by atoms with van der Waals surface area (Å²) < 4.78 is 0. The third-order valence-corrected chi connectivity index (χ3v) is 5.52. The van der Waals surface area contributed by atoms with E-state index in [4.69, 9.17) is 0 Å². The molecule has 0 spiro atoms. The second-order valence-corrected chi connectivity index (χ2v) is 9.26. The summed E-state index contributed by atoms with van der Waals surface area (Å²) in [6.45, 7) is 17.4. The first-order valence-electron chi connectivity index (χ1n) is 10.7. The normalized spacial score (nSPS) is 20.5. The van der Waals surface area contributed by atoms with Crippen LogP contribution in [0.1, 0.15) is 55.4 Å². The second kappa shape index (κ2) is 9.38. The summed E-state index contributed by atoms with van der Waals surface area (Å²) in [7, 11) is 0. The number of allylic oxidation sites excluding steroid dienone is 4. The molecule has 1 N–H and O–H groups in total. The monoisotopic (exact) mass is 404 g/mol. The first-order chi connectivity index (χ1) is 14.1. The van der Waals surface area contributed by atoms with Crippen LogP contribution in [-0.4, -0.2) is 20.2 Å². The largest absolute Gasteiger partial charge is 0.278 e. The minimum atomic E-state index is 0.0672. The first kappa shape index (κ1) is 23.5. The van der Waals surface area contributed by atoms with Crippen LogP contribution in [0.25, 0.3) is 24.3 Å². The highest BCUT2D eigenvalue weighted by Crippen LogP contribution is 2.41. The molecule has 2 aliphatic carbocycles. The van der Waals surface area contributed by atoms with Crippen molar-refractivity contribution in [2.45, 2.75) is 55.4 Å². The van der Waals surface area contributed by atoms with Gasteiger partial charge in [-0.1, -0.05) is 85.8 Å². The van der Waals surface area contributed by atoms with Crippen LogP contribution in [0.15, 0.2) is 42.9 Å². The lowest BCUT2D eigenvalue weighted by Gasteiger charge is -2.36. The molecule has 0 bridgehead atoms. The number of hydrogen-bond acceptors (Lipinski definition) is 3. The highest BCUT2D eigenvalue weighted by Gasteiger charge is 2.33. The predicted octanol–water partition coefficient (Wildman–Crippen LogP) is 3.25. The van der Waals surface area contributed by atoms with E-state index in [1.54, 1.807) is 12.4 Å². The van der Waals surface area contributed by atoms with Gasteiger partial charge in [0.2, 0.25) is 0 Å². The topological polar surface area (TPSA) is 54.5 Å². The number of aromatic nitrogens is 4. The molecular weight excluding hydrogens is 368 g/mol. The van der Waals surface area contributed by atoms with Crippen molar-refractivity contribution in [3.63, 3.8) is 0 Å². The smallest absolute Gasteiger partial charge is 0.0883 e. The van der Waals surface area contributed by atoms with Gasteiger partial charge in [0, 0.05) is 28.4 Å². The fraction of sp³-hybridized carbons (Fsp3) is 0.423. The molecule has 4 heteroatoms. The van der Waals surface area contributed by atoms with Crippen LogP contribution in [0.5, 0.6) is 0 Å². The summed E-state index contributed by atoms with van der Waals surface area (Å²) >= 11 is 0. The minimum absolute atomic E-state index is 0.0672. The zero-order valence-electron chi connectivity index (χ0n) is 19.7. The average molecular weight is 405 g/mol. The number of H-pyrrole nitrogens is 1. The number of aromatic amines is 1. The Morgan fingerprint density at radius 3 is 2.13 bits per heavy atom. The van der Waals surface area contributed by atoms with Gasteiger partial charge in [0.15, 0.2) is 0 Å². The van der Waals surface area contributed by atoms with Crippen molar-refractivity contribution < 1.29 is 0 Å². The van der Waals surface area contributed by atoms with E-state index in [0.29, 0.717) is 0 Å². The molecule has 4 nitrogen and oxygen atoms in total. The van der Waals surface area contributed by atoms with Gasteiger partial charge in [-0.2, -0.15) is 5.10 Å². The minimum Gasteiger partial charge on any atom is -0.278 e. The molecule has 2 aromatic heterocycles. The Labute approximate surface area is 180 Å². The van der Waals surface area contributed by atoms with Crippen LogP contribution in [0.2, 0.25) is 0 Å². The van der Waals surface area contributed by atoms with Crippen molar-refractivity contribution in [3.8, 4) is 0 Å². The molecule has 0 aliphatic heterocycles. The maximum absolute atomic E-state index is 4.29. The van der Waals surface area contributed by atoms with E-state index in [0.717, 1.165) is 16.0 Å². The molecule has 160 valence electrons. The van der Waals surface area contributed by atoms with Crippen molar-refractivity contribution in [1.82, 2.24) is 20.2 Å². The van der Waals surface area contributed by atoms with Gasteiger partial charge in [0.1, 0.15) is 0 Å². The van der Waals surface area contributed by atoms with Gasteiger partial charge in [0.25, 0.3) is 0 Å². The highest BCUT2D eigenvalue weighted by molar-refractivity contribution is 5.48. The van der Waals surface area contributed by atoms with Crippen molar-refractivity contribution >= 4 is 24.3 Å². The Bertz CT molecular complexity index is 1140. The highest BCUT2D eigenvalue weighted by atomic mass is 15.1. The molecule has 2 heterocycles. The summed E-state index contributed by atoms with van der Waals surface area (Å²) in [4.78, 5) is 8.53. The first-order valence-corrected chi connectivity index (χ1v) is 10.7. The summed E-state index contributed by atoms with van der Waals surface area (Å²) in [5, 5.41) is 11.3. The third-order valence-electron chi connectivity index (χ3n) is 5.52. The summed E-state index contributed by atoms with van der Waals surface area (Å²) in [5.41, 5.74) is 0.340. The third kappa shape index (κ3) is 5.65. The van der Waals surface area contributed by atoms with Crippen LogP contribution < -0.4 is 21.3 Å². The average Bonchev–Trinajstić information content (AvgIpc) is 2.94. The van der Waals surface area contributed by atoms with Gasteiger partial charge in [-0.3, -0.25) is 15.1 Å². The van der Waals surface area contributed by atoms with Crippen LogP contribution in [-0.2, 0) is 0 Å². The number of hydrogen-bond donors (Lipinski definition) is 1. The van der Waals surface area contributed by atoms with E-state index < -0.39 is 0 Å². The fourth-order valence-corrected chi connectivity index (χ4v) is 3.12. The fourth-order valence-electron chi connectivity index (χ4n) is 3.12. The molecular formula is C26H36N4. The molecule has 2 aromatic rings. The van der Waals surface area contributed by atoms with Gasteiger partial charge < -0.3 is 0 Å². The summed E-state index contributed by atoms with van der Waals surface area (Å²) in [5.74, 6) is 0. The van der Waals surface area contributed by atoms with Gasteiger partial charge in [0.05, 0.1) is 22.2 Å². The molecule has 0 radical (unpaired) electrons. The number of nitrogens with one attached hydrogen (secondary N) is 1. The lowest BCUT2D eigenvalue weighted by Crippen LogP contribution is -2.32. The molecule has 1 unspecified atom stereocenters. The maximum Gasteiger partial charge on any atom is 0.0883 e. The molecule has 0 saturated carbocycles. The molecule has 0 amide bonds. The molecule has 0 saturated heterocycles. The molecule has 1 atom stereocenters. The van der Waals surface area contributed by atoms with E-state index in [2.05, 4.69) is 98.2 Å². The van der Waals surface area contributed by atoms with E-state index in [9.17, 15) is 0 Å². The van der Waals surface area contributed by atoms with E-state index in [1.165, 1.54) is 5.22 Å². The zero-order valence-corrected chi connectivity index (χ0v) is 19.7. The van der Waals surface area contributed by atoms with Crippen molar-refractivity contribution in [3.05, 3.63) is 64.2 Å². The van der Waals surface area contributed by atoms with E-state index in [-0.39, 0.29) is 16.2 Å². The molecule has 0 fully saturated rings. The Morgan fingerprint density at radius 1 is 0.833 bits per heavy atom. The number of nitrogens with zero attached hydrogens (tertiary/aromatic N) is 3. The Kier molecular flexibility index (Phi) is 7.35. The van der Waals surface area contributed by atoms with Gasteiger partial charge in [-0.05, 0) is 23.6 Å². The predicted molar refractivity (Wildman–Crippen MR) is 128 cm³/mol. The van der Waals surface area contributed by atoms with Crippen LogP contribution >= 0.6 is 0 Å². The number of fused-ring (bicyclic) bond motifs is 2. The summed E-state index contributed by atoms with van der Waals surface area (Å²) in [6.07, 6.45) is 22.4. The van der Waals surface area contributed by atoms with Crippen LogP contribution in [0.3, 0.4) is 0 Å². The lowest BCUT2D eigenvalue weighted by molar-refractivity contribution is 0.246. The Balaban J connectivity index is 0.000000199. The van der Waals surface area contributed by atoms with Crippen molar-refractivity contribution in [2.75, 3.05) is 0 Å². The standard InChI is InChI=1S/C13H18N2.C11H12N2.C2H6/c1-12(2,3)13(4)7-5-6-11-10(8-13)9-14-15-11;1-11(2)5-3-4-9-10(8-11)13-7-6-12-9;1-2/h5-9,15H,1-4H3;3-8H,1-2H3;1-2H3.